The van der Waals surface area contributed by atoms with E-state index < -0.39 is 27.3 Å². The van der Waals surface area contributed by atoms with Crippen LogP contribution in [0, 0.1) is 31.4 Å². The first-order valence-corrected chi connectivity index (χ1v) is 10.9. The van der Waals surface area contributed by atoms with E-state index in [2.05, 4.69) is 11.6 Å². The largest absolute Gasteiger partial charge is 0.350 e. The number of piperidine rings is 1. The Morgan fingerprint density at radius 3 is 2.38 bits per heavy atom. The zero-order chi connectivity index (χ0) is 21.5. The smallest absolute Gasteiger partial charge is 0.264 e. The summed E-state index contributed by atoms with van der Waals surface area (Å²) in [5.74, 6) is -1.53. The Morgan fingerprint density at radius 2 is 1.76 bits per heavy atom. The number of rotatable bonds is 4. The molecule has 1 aromatic heterocycles. The molecule has 1 saturated heterocycles. The van der Waals surface area contributed by atoms with Gasteiger partial charge in [-0.1, -0.05) is 6.92 Å². The van der Waals surface area contributed by atoms with Gasteiger partial charge in [0.1, 0.15) is 16.5 Å². The third-order valence-corrected chi connectivity index (χ3v) is 7.18. The van der Waals surface area contributed by atoms with Crippen LogP contribution in [0.1, 0.15) is 41.5 Å². The van der Waals surface area contributed by atoms with Crippen LogP contribution < -0.4 is 4.72 Å². The Morgan fingerprint density at radius 1 is 1.14 bits per heavy atom. The molecule has 1 aliphatic rings. The van der Waals surface area contributed by atoms with Crippen LogP contribution in [0.3, 0.4) is 0 Å². The van der Waals surface area contributed by atoms with Crippen LogP contribution in [0.4, 0.5) is 14.5 Å². The van der Waals surface area contributed by atoms with E-state index in [9.17, 15) is 22.0 Å². The predicted molar refractivity (Wildman–Crippen MR) is 106 cm³/mol. The molecule has 1 fully saturated rings. The Hall–Kier alpha value is -2.42. The van der Waals surface area contributed by atoms with Gasteiger partial charge in [-0.3, -0.25) is 9.52 Å². The number of likely N-dealkylation sites (tertiary alicyclic amines) is 1. The Labute approximate surface area is 169 Å². The van der Waals surface area contributed by atoms with Gasteiger partial charge in [-0.25, -0.2) is 17.2 Å². The van der Waals surface area contributed by atoms with Crippen LogP contribution in [0.25, 0.3) is 0 Å². The van der Waals surface area contributed by atoms with Gasteiger partial charge in [0.2, 0.25) is 0 Å². The monoisotopic (exact) mass is 425 g/mol. The highest BCUT2D eigenvalue weighted by Gasteiger charge is 2.34. The maximum absolute atomic E-state index is 14.0. The average molecular weight is 426 g/mol. The van der Waals surface area contributed by atoms with E-state index in [1.54, 1.807) is 30.4 Å². The summed E-state index contributed by atoms with van der Waals surface area (Å²) in [6.45, 7) is 6.48. The molecule has 3 rings (SSSR count). The number of aromatic nitrogens is 1. The quantitative estimate of drug-likeness (QED) is 0.814. The normalized spacial score (nSPS) is 15.6. The van der Waals surface area contributed by atoms with Crippen LogP contribution in [0.2, 0.25) is 0 Å². The zero-order valence-corrected chi connectivity index (χ0v) is 17.7. The molecular formula is C20H25F2N3O3S. The minimum atomic E-state index is -4.34. The molecule has 0 atom stereocenters. The van der Waals surface area contributed by atoms with Crippen LogP contribution in [-0.4, -0.2) is 36.9 Å². The number of anilines is 1. The van der Waals surface area contributed by atoms with Crippen molar-refractivity contribution < 1.29 is 22.0 Å². The molecule has 0 radical (unpaired) electrons. The lowest BCUT2D eigenvalue weighted by Gasteiger charge is -2.30. The van der Waals surface area contributed by atoms with Gasteiger partial charge >= 0.3 is 0 Å². The van der Waals surface area contributed by atoms with Crippen LogP contribution in [0.15, 0.2) is 23.1 Å². The molecule has 6 nitrogen and oxygen atoms in total. The summed E-state index contributed by atoms with van der Waals surface area (Å²) in [5, 5.41) is 0. The summed E-state index contributed by atoms with van der Waals surface area (Å²) in [4.78, 5) is 14.7. The SMILES string of the molecule is Cc1c(C(=O)N2CCC(C)CC2)c(S(=O)(=O)Nc2cc(F)ccc2F)c(C)n1C. The molecule has 0 unspecified atom stereocenters. The molecule has 2 aromatic rings. The van der Waals surface area contributed by atoms with Gasteiger partial charge in [-0.15, -0.1) is 0 Å². The lowest BCUT2D eigenvalue weighted by atomic mass is 9.98. The van der Waals surface area contributed by atoms with Crippen molar-refractivity contribution in [3.63, 3.8) is 0 Å². The third-order valence-electron chi connectivity index (χ3n) is 5.65. The molecule has 29 heavy (non-hydrogen) atoms. The second kappa shape index (κ2) is 7.78. The van der Waals surface area contributed by atoms with Crippen molar-refractivity contribution >= 4 is 21.6 Å². The number of hydrogen-bond donors (Lipinski definition) is 1. The standard InChI is InChI=1S/C20H25F2N3O3S/c1-12-7-9-25(10-8-12)20(26)18-13(2)24(4)14(3)19(18)29(27,28)23-17-11-15(21)5-6-16(17)22/h5-6,11-12,23H,7-10H2,1-4H3. The zero-order valence-electron chi connectivity index (χ0n) is 16.9. The first kappa shape index (κ1) is 21.3. The molecule has 1 aliphatic heterocycles. The van der Waals surface area contributed by atoms with Crippen molar-refractivity contribution in [2.45, 2.75) is 38.5 Å². The highest BCUT2D eigenvalue weighted by atomic mass is 32.2. The molecule has 2 heterocycles. The molecule has 1 aromatic carbocycles. The van der Waals surface area contributed by atoms with Gasteiger partial charge in [0.25, 0.3) is 15.9 Å². The number of amides is 1. The Bertz CT molecular complexity index is 1060. The van der Waals surface area contributed by atoms with E-state index in [-0.39, 0.29) is 16.4 Å². The van der Waals surface area contributed by atoms with Crippen LogP contribution >= 0.6 is 0 Å². The van der Waals surface area contributed by atoms with Gasteiger partial charge in [0.05, 0.1) is 11.3 Å². The third kappa shape index (κ3) is 4.01. The molecule has 1 amide bonds. The molecule has 0 spiro atoms. The number of carbonyl (C=O) groups is 1. The van der Waals surface area contributed by atoms with Crippen molar-refractivity contribution in [2.24, 2.45) is 13.0 Å². The van der Waals surface area contributed by atoms with Gasteiger partial charge < -0.3 is 9.47 Å². The fourth-order valence-electron chi connectivity index (χ4n) is 3.64. The van der Waals surface area contributed by atoms with Gasteiger partial charge in [-0.2, -0.15) is 0 Å². The van der Waals surface area contributed by atoms with E-state index in [1.165, 1.54) is 0 Å². The maximum atomic E-state index is 14.0. The summed E-state index contributed by atoms with van der Waals surface area (Å²) in [6.07, 6.45) is 1.71. The highest BCUT2D eigenvalue weighted by Crippen LogP contribution is 2.31. The minimum Gasteiger partial charge on any atom is -0.350 e. The lowest BCUT2D eigenvalue weighted by Crippen LogP contribution is -2.38. The number of benzene rings is 1. The average Bonchev–Trinajstić information content (AvgIpc) is 2.89. The molecule has 158 valence electrons. The summed E-state index contributed by atoms with van der Waals surface area (Å²) in [5.41, 5.74) is 0.423. The number of carbonyl (C=O) groups excluding carboxylic acids is 1. The van der Waals surface area contributed by atoms with Crippen molar-refractivity contribution in [1.82, 2.24) is 9.47 Å². The van der Waals surface area contributed by atoms with Crippen molar-refractivity contribution in [3.8, 4) is 0 Å². The topological polar surface area (TPSA) is 71.4 Å². The van der Waals surface area contributed by atoms with Crippen molar-refractivity contribution in [3.05, 3.63) is 46.8 Å². The maximum Gasteiger partial charge on any atom is 0.264 e. The van der Waals surface area contributed by atoms with E-state index >= 15 is 0 Å². The minimum absolute atomic E-state index is 0.0730. The van der Waals surface area contributed by atoms with Gasteiger partial charge in [0, 0.05) is 37.6 Å². The fourth-order valence-corrected chi connectivity index (χ4v) is 5.22. The van der Waals surface area contributed by atoms with E-state index in [0.29, 0.717) is 30.4 Å². The highest BCUT2D eigenvalue weighted by molar-refractivity contribution is 7.92. The van der Waals surface area contributed by atoms with Crippen molar-refractivity contribution in [2.75, 3.05) is 17.8 Å². The Kier molecular flexibility index (Phi) is 5.71. The molecule has 1 N–H and O–H groups in total. The van der Waals surface area contributed by atoms with E-state index in [4.69, 9.17) is 0 Å². The molecule has 0 saturated carbocycles. The molecule has 0 bridgehead atoms. The van der Waals surface area contributed by atoms with E-state index in [1.807, 2.05) is 0 Å². The molecular weight excluding hydrogens is 400 g/mol. The first-order chi connectivity index (χ1) is 13.5. The number of sulfonamides is 1. The predicted octanol–water partition coefficient (Wildman–Crippen LogP) is 3.59. The van der Waals surface area contributed by atoms with E-state index in [0.717, 1.165) is 31.0 Å². The molecule has 9 heteroatoms. The van der Waals surface area contributed by atoms with Gasteiger partial charge in [-0.05, 0) is 44.7 Å². The van der Waals surface area contributed by atoms with Crippen molar-refractivity contribution in [1.29, 1.82) is 0 Å². The van der Waals surface area contributed by atoms with Gasteiger partial charge in [0.15, 0.2) is 0 Å². The summed E-state index contributed by atoms with van der Waals surface area (Å²) in [7, 11) is -2.67. The summed E-state index contributed by atoms with van der Waals surface area (Å²) >= 11 is 0. The first-order valence-electron chi connectivity index (χ1n) is 9.46. The van der Waals surface area contributed by atoms with Crippen LogP contribution in [-0.2, 0) is 17.1 Å². The number of nitrogens with zero attached hydrogens (tertiary/aromatic N) is 2. The number of halogens is 2. The second-order valence-electron chi connectivity index (χ2n) is 7.64. The molecule has 0 aliphatic carbocycles. The second-order valence-corrected chi connectivity index (χ2v) is 9.26. The van der Waals surface area contributed by atoms with Crippen LogP contribution in [0.5, 0.6) is 0 Å². The number of nitrogens with one attached hydrogen (secondary N) is 1. The lowest BCUT2D eigenvalue weighted by molar-refractivity contribution is 0.0692. The fraction of sp³-hybridized carbons (Fsp3) is 0.450. The number of hydrogen-bond acceptors (Lipinski definition) is 3. The summed E-state index contributed by atoms with van der Waals surface area (Å²) < 4.78 is 57.5. The summed E-state index contributed by atoms with van der Waals surface area (Å²) in [6, 6.07) is 2.51. The Balaban J connectivity index is 2.06.